The molecule has 1 amide bonds. The summed E-state index contributed by atoms with van der Waals surface area (Å²) in [6.45, 7) is 1.86. The molecule has 4 heterocycles. The zero-order chi connectivity index (χ0) is 16.3. The minimum absolute atomic E-state index is 0.281. The Morgan fingerprint density at radius 1 is 1.25 bits per heavy atom. The van der Waals surface area contributed by atoms with Gasteiger partial charge in [-0.05, 0) is 37.9 Å². The van der Waals surface area contributed by atoms with Crippen LogP contribution in [0, 0.1) is 5.92 Å². The fourth-order valence-electron chi connectivity index (χ4n) is 5.25. The maximum absolute atomic E-state index is 13.4. The van der Waals surface area contributed by atoms with E-state index in [0.29, 0.717) is 17.9 Å². The Morgan fingerprint density at radius 3 is 2.83 bits per heavy atom. The highest BCUT2D eigenvalue weighted by Gasteiger charge is 2.65. The van der Waals surface area contributed by atoms with Crippen LogP contribution in [0.1, 0.15) is 30.9 Å². The number of aromatic nitrogens is 2. The van der Waals surface area contributed by atoms with Gasteiger partial charge < -0.3 is 4.90 Å². The Labute approximate surface area is 141 Å². The summed E-state index contributed by atoms with van der Waals surface area (Å²) in [5, 5.41) is 4.34. The lowest BCUT2D eigenvalue weighted by Gasteiger charge is -2.33. The first-order valence-electron chi connectivity index (χ1n) is 8.82. The summed E-state index contributed by atoms with van der Waals surface area (Å²) in [7, 11) is 1.96. The van der Waals surface area contributed by atoms with Crippen LogP contribution in [0.4, 0.5) is 5.69 Å². The average Bonchev–Trinajstić information content (AvgIpc) is 3.32. The van der Waals surface area contributed by atoms with Crippen LogP contribution in [0.15, 0.2) is 42.7 Å². The van der Waals surface area contributed by atoms with E-state index in [1.807, 2.05) is 53.2 Å². The Bertz CT molecular complexity index is 786. The Hall–Kier alpha value is -2.14. The molecule has 5 rings (SSSR count). The summed E-state index contributed by atoms with van der Waals surface area (Å²) in [4.78, 5) is 17.9. The van der Waals surface area contributed by atoms with Crippen LogP contribution in [-0.4, -0.2) is 39.2 Å². The topological polar surface area (TPSA) is 41.4 Å². The third kappa shape index (κ3) is 1.73. The lowest BCUT2D eigenvalue weighted by molar-refractivity contribution is -0.126. The van der Waals surface area contributed by atoms with Gasteiger partial charge in [0, 0.05) is 43.0 Å². The lowest BCUT2D eigenvalue weighted by Crippen LogP contribution is -2.49. The van der Waals surface area contributed by atoms with Crippen molar-refractivity contribution in [3.63, 3.8) is 0 Å². The summed E-state index contributed by atoms with van der Waals surface area (Å²) in [6, 6.07) is 10.5. The van der Waals surface area contributed by atoms with Crippen molar-refractivity contribution in [1.82, 2.24) is 14.7 Å². The molecular weight excluding hydrogens is 300 g/mol. The number of hydrogen-bond donors (Lipinski definition) is 0. The van der Waals surface area contributed by atoms with Crippen LogP contribution in [0.25, 0.3) is 0 Å². The second-order valence-corrected chi connectivity index (χ2v) is 7.37. The Morgan fingerprint density at radius 2 is 2.08 bits per heavy atom. The van der Waals surface area contributed by atoms with Crippen LogP contribution in [0.2, 0.25) is 0 Å². The molecule has 5 heteroatoms. The molecule has 0 bridgehead atoms. The van der Waals surface area contributed by atoms with Gasteiger partial charge in [0.1, 0.15) is 5.54 Å². The van der Waals surface area contributed by atoms with Gasteiger partial charge >= 0.3 is 0 Å². The van der Waals surface area contributed by atoms with Gasteiger partial charge in [-0.3, -0.25) is 14.4 Å². The molecule has 5 nitrogen and oxygen atoms in total. The maximum Gasteiger partial charge on any atom is 0.247 e. The number of amides is 1. The van der Waals surface area contributed by atoms with E-state index in [9.17, 15) is 4.79 Å². The minimum Gasteiger partial charge on any atom is -0.310 e. The van der Waals surface area contributed by atoms with E-state index in [1.165, 1.54) is 5.56 Å². The van der Waals surface area contributed by atoms with Crippen molar-refractivity contribution in [2.75, 3.05) is 18.0 Å². The second kappa shape index (κ2) is 4.93. The van der Waals surface area contributed by atoms with E-state index in [4.69, 9.17) is 0 Å². The fraction of sp³-hybridized carbons (Fsp3) is 0.474. The number of rotatable bonds is 2. The molecule has 0 saturated carbocycles. The van der Waals surface area contributed by atoms with E-state index in [2.05, 4.69) is 16.2 Å². The molecule has 1 aromatic heterocycles. The highest BCUT2D eigenvalue weighted by atomic mass is 16.2. The van der Waals surface area contributed by atoms with Gasteiger partial charge in [0.2, 0.25) is 5.91 Å². The number of benzene rings is 1. The molecule has 0 N–H and O–H groups in total. The van der Waals surface area contributed by atoms with Crippen LogP contribution >= 0.6 is 0 Å². The van der Waals surface area contributed by atoms with Crippen LogP contribution < -0.4 is 4.90 Å². The quantitative estimate of drug-likeness (QED) is 0.852. The van der Waals surface area contributed by atoms with Crippen molar-refractivity contribution in [3.8, 4) is 0 Å². The molecule has 3 aliphatic rings. The number of nitrogens with zero attached hydrogens (tertiary/aromatic N) is 4. The SMILES string of the molecule is Cn1cc([C@@H]2C[C@H]3CN(c4ccccc4)C(=O)[C@]34CCCN24)cn1. The van der Waals surface area contributed by atoms with Crippen molar-refractivity contribution in [2.24, 2.45) is 13.0 Å². The standard InChI is InChI=1S/C19H22N4O/c1-21-12-14(11-20-21)17-10-15-13-22(16-6-3-2-4-7-16)18(24)19(15)8-5-9-23(17)19/h2-4,6-7,11-12,15,17H,5,8-10,13H2,1H3/t15-,17-,19-/m0/s1. The molecule has 2 aromatic rings. The molecule has 3 aliphatic heterocycles. The minimum atomic E-state index is -0.281. The highest BCUT2D eigenvalue weighted by molar-refractivity contribution is 6.03. The summed E-state index contributed by atoms with van der Waals surface area (Å²) < 4.78 is 1.87. The van der Waals surface area contributed by atoms with Crippen molar-refractivity contribution in [1.29, 1.82) is 0 Å². The molecule has 24 heavy (non-hydrogen) atoms. The molecule has 0 unspecified atom stereocenters. The van der Waals surface area contributed by atoms with Crippen molar-refractivity contribution >= 4 is 11.6 Å². The molecular formula is C19H22N4O. The normalized spacial score (nSPS) is 32.4. The maximum atomic E-state index is 13.4. The van der Waals surface area contributed by atoms with Crippen molar-refractivity contribution < 1.29 is 4.79 Å². The number of anilines is 1. The lowest BCUT2D eigenvalue weighted by atomic mass is 9.85. The Kier molecular flexibility index (Phi) is 2.92. The van der Waals surface area contributed by atoms with Crippen LogP contribution in [-0.2, 0) is 11.8 Å². The molecule has 0 aliphatic carbocycles. The summed E-state index contributed by atoms with van der Waals surface area (Å²) in [5.74, 6) is 0.723. The van der Waals surface area contributed by atoms with Gasteiger partial charge in [0.05, 0.1) is 6.20 Å². The summed E-state index contributed by atoms with van der Waals surface area (Å²) >= 11 is 0. The largest absolute Gasteiger partial charge is 0.310 e. The van der Waals surface area contributed by atoms with E-state index >= 15 is 0 Å². The number of para-hydroxylation sites is 1. The number of hydrogen-bond acceptors (Lipinski definition) is 3. The van der Waals surface area contributed by atoms with Gasteiger partial charge in [-0.2, -0.15) is 5.10 Å². The zero-order valence-corrected chi connectivity index (χ0v) is 13.9. The van der Waals surface area contributed by atoms with Gasteiger partial charge in [-0.1, -0.05) is 18.2 Å². The van der Waals surface area contributed by atoms with Crippen LogP contribution in [0.5, 0.6) is 0 Å². The van der Waals surface area contributed by atoms with Gasteiger partial charge in [-0.25, -0.2) is 0 Å². The third-order valence-electron chi connectivity index (χ3n) is 6.22. The first-order chi connectivity index (χ1) is 11.7. The monoisotopic (exact) mass is 322 g/mol. The van der Waals surface area contributed by atoms with Crippen molar-refractivity contribution in [3.05, 3.63) is 48.3 Å². The fourth-order valence-corrected chi connectivity index (χ4v) is 5.25. The van der Waals surface area contributed by atoms with Crippen LogP contribution in [0.3, 0.4) is 0 Å². The third-order valence-corrected chi connectivity index (χ3v) is 6.22. The van der Waals surface area contributed by atoms with E-state index < -0.39 is 0 Å². The number of carbonyl (C=O) groups excluding carboxylic acids is 1. The first kappa shape index (κ1) is 14.2. The van der Waals surface area contributed by atoms with Gasteiger partial charge in [0.15, 0.2) is 0 Å². The van der Waals surface area contributed by atoms with Crippen molar-refractivity contribution in [2.45, 2.75) is 30.8 Å². The number of carbonyl (C=O) groups is 1. The van der Waals surface area contributed by atoms with E-state index in [1.54, 1.807) is 0 Å². The smallest absolute Gasteiger partial charge is 0.247 e. The average molecular weight is 322 g/mol. The zero-order valence-electron chi connectivity index (χ0n) is 13.9. The van der Waals surface area contributed by atoms with E-state index in [0.717, 1.165) is 38.0 Å². The first-order valence-corrected chi connectivity index (χ1v) is 8.82. The number of aryl methyl sites for hydroxylation is 1. The molecule has 3 atom stereocenters. The second-order valence-electron chi connectivity index (χ2n) is 7.37. The highest BCUT2D eigenvalue weighted by Crippen LogP contribution is 2.56. The van der Waals surface area contributed by atoms with Gasteiger partial charge in [-0.15, -0.1) is 0 Å². The summed E-state index contributed by atoms with van der Waals surface area (Å²) in [5.41, 5.74) is 2.01. The predicted octanol–water partition coefficient (Wildman–Crippen LogP) is 2.36. The molecule has 124 valence electrons. The molecule has 3 fully saturated rings. The Balaban J connectivity index is 1.52. The predicted molar refractivity (Wildman–Crippen MR) is 91.5 cm³/mol. The molecule has 0 radical (unpaired) electrons. The molecule has 1 aromatic carbocycles. The molecule has 1 spiro atoms. The van der Waals surface area contributed by atoms with Gasteiger partial charge in [0.25, 0.3) is 0 Å². The summed E-state index contributed by atoms with van der Waals surface area (Å²) in [6.07, 6.45) is 7.24. The van der Waals surface area contributed by atoms with E-state index in [-0.39, 0.29) is 5.54 Å². The molecule has 3 saturated heterocycles.